The van der Waals surface area contributed by atoms with Crippen LogP contribution in [0, 0.1) is 10.1 Å². The van der Waals surface area contributed by atoms with E-state index in [1.807, 2.05) is 24.3 Å². The Morgan fingerprint density at radius 2 is 1.86 bits per heavy atom. The van der Waals surface area contributed by atoms with Gasteiger partial charge in [0.05, 0.1) is 12.0 Å². The standard InChI is InChI=1S/C19H23N3O5S/c1-27-16-9-3-2-7-14(16)19(11-4-5-12-19)13-21-15-8-6-10-17(28(20,25)26)18(15)22(23)24/h2-3,6-10,21H,4-5,11-13H2,1H3,(H2,20,25,26). The van der Waals surface area contributed by atoms with Crippen molar-refractivity contribution in [1.82, 2.24) is 0 Å². The zero-order valence-corrected chi connectivity index (χ0v) is 16.4. The molecule has 0 aromatic heterocycles. The Morgan fingerprint density at radius 1 is 1.18 bits per heavy atom. The van der Waals surface area contributed by atoms with Crippen LogP contribution < -0.4 is 15.2 Å². The van der Waals surface area contributed by atoms with E-state index in [2.05, 4.69) is 5.32 Å². The third-order valence-electron chi connectivity index (χ3n) is 5.34. The number of ether oxygens (including phenoxy) is 1. The number of nitro groups is 1. The van der Waals surface area contributed by atoms with E-state index in [1.54, 1.807) is 7.11 Å². The number of methoxy groups -OCH3 is 1. The Balaban J connectivity index is 1.99. The molecule has 0 atom stereocenters. The van der Waals surface area contributed by atoms with E-state index in [9.17, 15) is 18.5 Å². The number of nitro benzene ring substituents is 1. The van der Waals surface area contributed by atoms with Crippen LogP contribution in [0.25, 0.3) is 0 Å². The summed E-state index contributed by atoms with van der Waals surface area (Å²) in [6, 6.07) is 11.8. The highest BCUT2D eigenvalue weighted by Gasteiger charge is 2.38. The molecule has 3 N–H and O–H groups in total. The minimum Gasteiger partial charge on any atom is -0.496 e. The SMILES string of the molecule is COc1ccccc1C1(CNc2cccc(S(N)(=O)=O)c2[N+](=O)[O-])CCCC1. The first-order valence-electron chi connectivity index (χ1n) is 8.96. The van der Waals surface area contributed by atoms with Crippen LogP contribution in [0.2, 0.25) is 0 Å². The van der Waals surface area contributed by atoms with Gasteiger partial charge < -0.3 is 10.1 Å². The summed E-state index contributed by atoms with van der Waals surface area (Å²) in [5, 5.41) is 19.8. The fraction of sp³-hybridized carbons (Fsp3) is 0.368. The van der Waals surface area contributed by atoms with Crippen LogP contribution in [0.4, 0.5) is 11.4 Å². The molecular formula is C19H23N3O5S. The lowest BCUT2D eigenvalue weighted by Gasteiger charge is -2.31. The maximum atomic E-state index is 11.8. The molecule has 1 fully saturated rings. The van der Waals surface area contributed by atoms with Gasteiger partial charge >= 0.3 is 5.69 Å². The van der Waals surface area contributed by atoms with E-state index in [-0.39, 0.29) is 11.1 Å². The highest BCUT2D eigenvalue weighted by atomic mass is 32.2. The van der Waals surface area contributed by atoms with Crippen LogP contribution >= 0.6 is 0 Å². The minimum atomic E-state index is -4.22. The Hall–Kier alpha value is -2.65. The van der Waals surface area contributed by atoms with Gasteiger partial charge in [0.2, 0.25) is 10.0 Å². The molecule has 1 aliphatic carbocycles. The molecule has 9 heteroatoms. The van der Waals surface area contributed by atoms with Gasteiger partial charge in [-0.2, -0.15) is 0 Å². The lowest BCUT2D eigenvalue weighted by atomic mass is 9.78. The molecule has 1 aliphatic rings. The molecule has 0 radical (unpaired) electrons. The molecule has 0 heterocycles. The first kappa shape index (κ1) is 20.1. The fourth-order valence-electron chi connectivity index (χ4n) is 4.02. The molecule has 3 rings (SSSR count). The van der Waals surface area contributed by atoms with Gasteiger partial charge in [-0.3, -0.25) is 10.1 Å². The number of hydrogen-bond acceptors (Lipinski definition) is 6. The molecule has 1 saturated carbocycles. The van der Waals surface area contributed by atoms with Gasteiger partial charge in [-0.25, -0.2) is 13.6 Å². The summed E-state index contributed by atoms with van der Waals surface area (Å²) in [6.45, 7) is 0.419. The summed E-state index contributed by atoms with van der Waals surface area (Å²) < 4.78 is 29.1. The lowest BCUT2D eigenvalue weighted by molar-refractivity contribution is -0.386. The van der Waals surface area contributed by atoms with Crippen LogP contribution in [0.1, 0.15) is 31.2 Å². The third kappa shape index (κ3) is 3.81. The minimum absolute atomic E-state index is 0.137. The molecule has 28 heavy (non-hydrogen) atoms. The first-order valence-corrected chi connectivity index (χ1v) is 10.5. The average molecular weight is 405 g/mol. The lowest BCUT2D eigenvalue weighted by Crippen LogP contribution is -2.32. The van der Waals surface area contributed by atoms with Gasteiger partial charge in [0, 0.05) is 17.5 Å². The van der Waals surface area contributed by atoms with E-state index in [1.165, 1.54) is 12.1 Å². The summed E-state index contributed by atoms with van der Waals surface area (Å²) in [7, 11) is -2.60. The van der Waals surface area contributed by atoms with Crippen LogP contribution in [0.15, 0.2) is 47.4 Å². The monoisotopic (exact) mass is 405 g/mol. The Morgan fingerprint density at radius 3 is 2.46 bits per heavy atom. The Bertz CT molecular complexity index is 985. The summed E-state index contributed by atoms with van der Waals surface area (Å²) in [5.74, 6) is 0.777. The Labute approximate surface area is 163 Å². The number of anilines is 1. The van der Waals surface area contributed by atoms with Gasteiger partial charge in [0.1, 0.15) is 11.4 Å². The molecule has 0 amide bonds. The topological polar surface area (TPSA) is 125 Å². The van der Waals surface area contributed by atoms with Crippen molar-refractivity contribution in [3.05, 3.63) is 58.1 Å². The van der Waals surface area contributed by atoms with Crippen molar-refractivity contribution in [2.75, 3.05) is 19.0 Å². The molecule has 8 nitrogen and oxygen atoms in total. The summed E-state index contributed by atoms with van der Waals surface area (Å²) in [5.41, 5.74) is 0.404. The van der Waals surface area contributed by atoms with Crippen molar-refractivity contribution in [3.8, 4) is 5.75 Å². The second-order valence-corrected chi connectivity index (χ2v) is 8.53. The summed E-state index contributed by atoms with van der Waals surface area (Å²) in [4.78, 5) is 10.3. The third-order valence-corrected chi connectivity index (χ3v) is 6.29. The van der Waals surface area contributed by atoms with Crippen molar-refractivity contribution < 1.29 is 18.1 Å². The van der Waals surface area contributed by atoms with E-state index in [0.717, 1.165) is 43.1 Å². The van der Waals surface area contributed by atoms with Gasteiger partial charge in [-0.15, -0.1) is 0 Å². The number of benzene rings is 2. The zero-order chi connectivity index (χ0) is 20.4. The second-order valence-electron chi connectivity index (χ2n) is 7.00. The smallest absolute Gasteiger partial charge is 0.312 e. The van der Waals surface area contributed by atoms with Crippen molar-refractivity contribution in [2.24, 2.45) is 5.14 Å². The predicted octanol–water partition coefficient (Wildman–Crippen LogP) is 3.17. The Kier molecular flexibility index (Phi) is 5.57. The first-order chi connectivity index (χ1) is 13.3. The van der Waals surface area contributed by atoms with E-state index >= 15 is 0 Å². The van der Waals surface area contributed by atoms with Crippen molar-refractivity contribution in [3.63, 3.8) is 0 Å². The number of nitrogens with zero attached hydrogens (tertiary/aromatic N) is 1. The predicted molar refractivity (Wildman–Crippen MR) is 106 cm³/mol. The summed E-state index contributed by atoms with van der Waals surface area (Å²) in [6.07, 6.45) is 3.89. The van der Waals surface area contributed by atoms with Crippen molar-refractivity contribution in [1.29, 1.82) is 0 Å². The molecule has 150 valence electrons. The van der Waals surface area contributed by atoms with E-state index in [4.69, 9.17) is 9.88 Å². The maximum Gasteiger partial charge on any atom is 0.312 e. The van der Waals surface area contributed by atoms with Crippen molar-refractivity contribution in [2.45, 2.75) is 36.0 Å². The normalized spacial score (nSPS) is 15.9. The van der Waals surface area contributed by atoms with E-state index in [0.29, 0.717) is 6.54 Å². The van der Waals surface area contributed by atoms with E-state index < -0.39 is 25.5 Å². The highest BCUT2D eigenvalue weighted by molar-refractivity contribution is 7.89. The van der Waals surface area contributed by atoms with Crippen LogP contribution in [0.3, 0.4) is 0 Å². The second kappa shape index (κ2) is 7.76. The molecular weight excluding hydrogens is 382 g/mol. The molecule has 0 spiro atoms. The molecule has 0 unspecified atom stereocenters. The van der Waals surface area contributed by atoms with Crippen LogP contribution in [-0.2, 0) is 15.4 Å². The average Bonchev–Trinajstić information content (AvgIpc) is 3.15. The van der Waals surface area contributed by atoms with Crippen LogP contribution in [0.5, 0.6) is 5.75 Å². The number of rotatable bonds is 7. The number of primary sulfonamides is 1. The maximum absolute atomic E-state index is 11.8. The quantitative estimate of drug-likeness (QED) is 0.538. The molecule has 2 aromatic carbocycles. The summed E-state index contributed by atoms with van der Waals surface area (Å²) >= 11 is 0. The van der Waals surface area contributed by atoms with Crippen LogP contribution in [-0.4, -0.2) is 27.0 Å². The number of para-hydroxylation sites is 2. The van der Waals surface area contributed by atoms with Gasteiger partial charge in [0.15, 0.2) is 4.90 Å². The molecule has 0 aliphatic heterocycles. The zero-order valence-electron chi connectivity index (χ0n) is 15.6. The molecule has 0 bridgehead atoms. The number of hydrogen-bond donors (Lipinski definition) is 2. The number of nitrogens with one attached hydrogen (secondary N) is 1. The fourth-order valence-corrected chi connectivity index (χ4v) is 4.75. The molecule has 2 aromatic rings. The largest absolute Gasteiger partial charge is 0.496 e. The highest BCUT2D eigenvalue weighted by Crippen LogP contribution is 2.45. The van der Waals surface area contributed by atoms with Gasteiger partial charge in [0.25, 0.3) is 0 Å². The number of nitrogens with two attached hydrogens (primary N) is 1. The van der Waals surface area contributed by atoms with Crippen molar-refractivity contribution >= 4 is 21.4 Å². The van der Waals surface area contributed by atoms with Gasteiger partial charge in [-0.05, 0) is 31.0 Å². The number of sulfonamides is 1. The molecule has 0 saturated heterocycles. The van der Waals surface area contributed by atoms with Gasteiger partial charge in [-0.1, -0.05) is 37.1 Å².